The first-order valence-corrected chi connectivity index (χ1v) is 6.96. The molecule has 0 spiro atoms. The number of ether oxygens (including phenoxy) is 1. The molecule has 1 aromatic carbocycles. The minimum absolute atomic E-state index is 0.0791. The maximum Gasteiger partial charge on any atom is 0.307 e. The first-order valence-electron chi connectivity index (χ1n) is 6.96. The zero-order chi connectivity index (χ0) is 15.1. The number of benzene rings is 1. The molecular formula is C16H23NO3. The molecule has 0 radical (unpaired) electrons. The van der Waals surface area contributed by atoms with Gasteiger partial charge in [-0.15, -0.1) is 0 Å². The Hall–Kier alpha value is -1.84. The Balaban J connectivity index is 2.58. The van der Waals surface area contributed by atoms with Gasteiger partial charge in [-0.2, -0.15) is 0 Å². The first-order chi connectivity index (χ1) is 9.45. The molecule has 1 amide bonds. The fourth-order valence-electron chi connectivity index (χ4n) is 1.82. The molecule has 0 atom stereocenters. The molecule has 0 aliphatic rings. The Morgan fingerprint density at radius 3 is 2.30 bits per heavy atom. The summed E-state index contributed by atoms with van der Waals surface area (Å²) in [5.41, 5.74) is 1.84. The molecular weight excluding hydrogens is 254 g/mol. The van der Waals surface area contributed by atoms with Gasteiger partial charge in [0.25, 0.3) is 5.91 Å². The molecule has 4 heteroatoms. The summed E-state index contributed by atoms with van der Waals surface area (Å²) in [6, 6.07) is 7.60. The van der Waals surface area contributed by atoms with Crippen molar-refractivity contribution in [3.05, 3.63) is 35.4 Å². The number of esters is 1. The van der Waals surface area contributed by atoms with Gasteiger partial charge < -0.3 is 9.64 Å². The van der Waals surface area contributed by atoms with Crippen LogP contribution in [-0.4, -0.2) is 37.0 Å². The van der Waals surface area contributed by atoms with E-state index in [-0.39, 0.29) is 18.3 Å². The lowest BCUT2D eigenvalue weighted by Crippen LogP contribution is -2.29. The number of carbonyl (C=O) groups is 2. The van der Waals surface area contributed by atoms with E-state index in [2.05, 4.69) is 13.8 Å². The second-order valence-electron chi connectivity index (χ2n) is 5.06. The van der Waals surface area contributed by atoms with Crippen LogP contribution in [0.3, 0.4) is 0 Å². The van der Waals surface area contributed by atoms with Gasteiger partial charge in [-0.1, -0.05) is 26.0 Å². The van der Waals surface area contributed by atoms with Crippen molar-refractivity contribution in [2.45, 2.75) is 33.1 Å². The van der Waals surface area contributed by atoms with Crippen molar-refractivity contribution in [1.29, 1.82) is 0 Å². The van der Waals surface area contributed by atoms with E-state index in [1.54, 1.807) is 18.9 Å². The molecule has 1 aromatic rings. The van der Waals surface area contributed by atoms with Crippen LogP contribution >= 0.6 is 0 Å². The molecule has 4 nitrogen and oxygen atoms in total. The van der Waals surface area contributed by atoms with E-state index >= 15 is 0 Å². The minimum Gasteiger partial charge on any atom is -0.466 e. The van der Waals surface area contributed by atoms with Crippen LogP contribution in [-0.2, 0) is 9.53 Å². The Labute approximate surface area is 120 Å². The molecule has 0 N–H and O–H groups in total. The molecule has 0 bridgehead atoms. The van der Waals surface area contributed by atoms with E-state index in [9.17, 15) is 9.59 Å². The van der Waals surface area contributed by atoms with Crippen molar-refractivity contribution in [2.75, 3.05) is 20.2 Å². The third-order valence-corrected chi connectivity index (χ3v) is 3.13. The third kappa shape index (κ3) is 4.68. The minimum atomic E-state index is -0.276. The predicted molar refractivity (Wildman–Crippen MR) is 78.7 cm³/mol. The van der Waals surface area contributed by atoms with Crippen molar-refractivity contribution in [3.8, 4) is 0 Å². The molecule has 0 saturated carbocycles. The van der Waals surface area contributed by atoms with Crippen LogP contribution in [0.25, 0.3) is 0 Å². The van der Waals surface area contributed by atoms with Crippen LogP contribution in [0, 0.1) is 0 Å². The fourth-order valence-corrected chi connectivity index (χ4v) is 1.82. The molecule has 0 heterocycles. The lowest BCUT2D eigenvalue weighted by molar-refractivity contribution is -0.143. The summed E-state index contributed by atoms with van der Waals surface area (Å²) in [5, 5.41) is 0. The van der Waals surface area contributed by atoms with E-state index in [0.717, 1.165) is 0 Å². The average Bonchev–Trinajstić information content (AvgIpc) is 2.44. The highest BCUT2D eigenvalue weighted by Gasteiger charge is 2.13. The van der Waals surface area contributed by atoms with Gasteiger partial charge in [0.05, 0.1) is 13.0 Å². The second-order valence-corrected chi connectivity index (χ2v) is 5.06. The number of hydrogen-bond donors (Lipinski definition) is 0. The molecule has 20 heavy (non-hydrogen) atoms. The first kappa shape index (κ1) is 16.2. The summed E-state index contributed by atoms with van der Waals surface area (Å²) in [6.45, 7) is 6.73. The van der Waals surface area contributed by atoms with Crippen LogP contribution in [0.4, 0.5) is 0 Å². The Bertz CT molecular complexity index is 451. The van der Waals surface area contributed by atoms with Gasteiger partial charge >= 0.3 is 5.97 Å². The number of nitrogens with zero attached hydrogens (tertiary/aromatic N) is 1. The van der Waals surface area contributed by atoms with Crippen LogP contribution in [0.5, 0.6) is 0 Å². The average molecular weight is 277 g/mol. The van der Waals surface area contributed by atoms with Gasteiger partial charge in [0.1, 0.15) is 0 Å². The lowest BCUT2D eigenvalue weighted by atomic mass is 10.0. The van der Waals surface area contributed by atoms with E-state index < -0.39 is 0 Å². The van der Waals surface area contributed by atoms with E-state index in [1.165, 1.54) is 5.56 Å². The van der Waals surface area contributed by atoms with Crippen molar-refractivity contribution in [1.82, 2.24) is 4.90 Å². The van der Waals surface area contributed by atoms with Gasteiger partial charge in [0, 0.05) is 19.2 Å². The van der Waals surface area contributed by atoms with Crippen LogP contribution in [0.1, 0.15) is 49.0 Å². The maximum atomic E-state index is 12.2. The second kappa shape index (κ2) is 7.68. The number of amides is 1. The summed E-state index contributed by atoms with van der Waals surface area (Å²) in [6.07, 6.45) is 0.222. The highest BCUT2D eigenvalue weighted by Crippen LogP contribution is 2.15. The third-order valence-electron chi connectivity index (χ3n) is 3.13. The molecule has 0 fully saturated rings. The number of carbonyl (C=O) groups excluding carboxylic acids is 2. The summed E-state index contributed by atoms with van der Waals surface area (Å²) >= 11 is 0. The maximum absolute atomic E-state index is 12.2. The molecule has 110 valence electrons. The molecule has 0 aliphatic carbocycles. The van der Waals surface area contributed by atoms with Crippen LogP contribution in [0.15, 0.2) is 24.3 Å². The Morgan fingerprint density at radius 1 is 1.20 bits per heavy atom. The quantitative estimate of drug-likeness (QED) is 0.751. The normalized spacial score (nSPS) is 10.4. The molecule has 1 rings (SSSR count). The lowest BCUT2D eigenvalue weighted by Gasteiger charge is -2.17. The zero-order valence-corrected chi connectivity index (χ0v) is 12.7. The molecule has 0 saturated heterocycles. The van der Waals surface area contributed by atoms with Gasteiger partial charge in [0.2, 0.25) is 0 Å². The van der Waals surface area contributed by atoms with Crippen LogP contribution < -0.4 is 0 Å². The summed E-state index contributed by atoms with van der Waals surface area (Å²) < 4.78 is 4.84. The Morgan fingerprint density at radius 2 is 1.80 bits per heavy atom. The smallest absolute Gasteiger partial charge is 0.307 e. The summed E-state index contributed by atoms with van der Waals surface area (Å²) in [5.74, 6) is 0.0904. The van der Waals surface area contributed by atoms with Gasteiger partial charge in [-0.05, 0) is 30.5 Å². The fraction of sp³-hybridized carbons (Fsp3) is 0.500. The predicted octanol–water partition coefficient (Wildman–Crippen LogP) is 2.84. The highest BCUT2D eigenvalue weighted by atomic mass is 16.5. The van der Waals surface area contributed by atoms with Gasteiger partial charge in [-0.25, -0.2) is 0 Å². The molecule has 0 aromatic heterocycles. The number of rotatable bonds is 6. The molecule has 0 unspecified atom stereocenters. The zero-order valence-electron chi connectivity index (χ0n) is 12.7. The van der Waals surface area contributed by atoms with E-state index in [4.69, 9.17) is 4.74 Å². The van der Waals surface area contributed by atoms with Crippen LogP contribution in [0.2, 0.25) is 0 Å². The van der Waals surface area contributed by atoms with Gasteiger partial charge in [0.15, 0.2) is 0 Å². The monoisotopic (exact) mass is 277 g/mol. The van der Waals surface area contributed by atoms with Crippen molar-refractivity contribution >= 4 is 11.9 Å². The summed E-state index contributed by atoms with van der Waals surface area (Å²) in [4.78, 5) is 25.0. The van der Waals surface area contributed by atoms with E-state index in [1.807, 2.05) is 24.3 Å². The van der Waals surface area contributed by atoms with Crippen molar-refractivity contribution < 1.29 is 14.3 Å². The highest BCUT2D eigenvalue weighted by molar-refractivity contribution is 5.94. The standard InChI is InChI=1S/C16H23NO3/c1-5-20-15(18)10-11-17(4)16(19)14-8-6-13(7-9-14)12(2)3/h6-9,12H,5,10-11H2,1-4H3. The Kier molecular flexibility index (Phi) is 6.22. The largest absolute Gasteiger partial charge is 0.466 e. The topological polar surface area (TPSA) is 46.6 Å². The number of hydrogen-bond acceptors (Lipinski definition) is 3. The van der Waals surface area contributed by atoms with Crippen molar-refractivity contribution in [3.63, 3.8) is 0 Å². The molecule has 0 aliphatic heterocycles. The summed E-state index contributed by atoms with van der Waals surface area (Å²) in [7, 11) is 1.69. The van der Waals surface area contributed by atoms with E-state index in [0.29, 0.717) is 24.6 Å². The van der Waals surface area contributed by atoms with Gasteiger partial charge in [-0.3, -0.25) is 9.59 Å². The SMILES string of the molecule is CCOC(=O)CCN(C)C(=O)c1ccc(C(C)C)cc1. The van der Waals surface area contributed by atoms with Crippen molar-refractivity contribution in [2.24, 2.45) is 0 Å².